The Balaban J connectivity index is 2.02. The van der Waals surface area contributed by atoms with E-state index in [1.807, 2.05) is 11.6 Å². The second-order valence-corrected chi connectivity index (χ2v) is 6.09. The van der Waals surface area contributed by atoms with Gasteiger partial charge in [0, 0.05) is 19.6 Å². The van der Waals surface area contributed by atoms with Crippen LogP contribution in [-0.2, 0) is 17.7 Å². The molecule has 108 valence electrons. The van der Waals surface area contributed by atoms with Crippen LogP contribution in [0.2, 0.25) is 0 Å². The first-order chi connectivity index (χ1) is 9.01. The van der Waals surface area contributed by atoms with Crippen molar-refractivity contribution in [2.75, 3.05) is 6.61 Å². The van der Waals surface area contributed by atoms with Gasteiger partial charge in [0.15, 0.2) is 0 Å². The minimum atomic E-state index is -0.525. The van der Waals surface area contributed by atoms with Gasteiger partial charge in [-0.3, -0.25) is 0 Å². The number of hydrogen-bond acceptors (Lipinski definition) is 4. The molecule has 0 saturated carbocycles. The Morgan fingerprint density at radius 3 is 2.89 bits per heavy atom. The molecule has 1 aromatic heterocycles. The van der Waals surface area contributed by atoms with E-state index < -0.39 is 11.7 Å². The highest BCUT2D eigenvalue weighted by atomic mass is 16.5. The Hall–Kier alpha value is -0.940. The van der Waals surface area contributed by atoms with Crippen molar-refractivity contribution in [3.8, 4) is 0 Å². The van der Waals surface area contributed by atoms with Gasteiger partial charge in [-0.1, -0.05) is 13.8 Å². The predicted octanol–water partition coefficient (Wildman–Crippen LogP) is 1.80. The van der Waals surface area contributed by atoms with Gasteiger partial charge in [-0.2, -0.15) is 5.10 Å². The van der Waals surface area contributed by atoms with Gasteiger partial charge in [0.1, 0.15) is 12.2 Å². The van der Waals surface area contributed by atoms with Gasteiger partial charge in [-0.05, 0) is 32.1 Å². The average Bonchev–Trinajstić information content (AvgIpc) is 2.76. The molecule has 1 aromatic rings. The average molecular weight is 267 g/mol. The third-order valence-corrected chi connectivity index (χ3v) is 3.81. The molecule has 1 N–H and O–H groups in total. The molecule has 1 aliphatic rings. The Morgan fingerprint density at radius 2 is 2.26 bits per heavy atom. The van der Waals surface area contributed by atoms with Crippen LogP contribution in [0.4, 0.5) is 0 Å². The molecule has 2 unspecified atom stereocenters. The molecular weight excluding hydrogens is 242 g/mol. The van der Waals surface area contributed by atoms with Crippen LogP contribution in [0.15, 0.2) is 6.33 Å². The largest absolute Gasteiger partial charge is 0.390 e. The molecular formula is C14H25N3O2. The molecule has 0 amide bonds. The monoisotopic (exact) mass is 267 g/mol. The number of hydrogen-bond donors (Lipinski definition) is 1. The summed E-state index contributed by atoms with van der Waals surface area (Å²) in [6.45, 7) is 7.87. The summed E-state index contributed by atoms with van der Waals surface area (Å²) >= 11 is 0. The van der Waals surface area contributed by atoms with Crippen LogP contribution < -0.4 is 0 Å². The van der Waals surface area contributed by atoms with Crippen molar-refractivity contribution >= 4 is 0 Å². The number of ether oxygens (including phenoxy) is 1. The van der Waals surface area contributed by atoms with Crippen LogP contribution in [0.1, 0.15) is 45.9 Å². The number of rotatable bonds is 5. The number of aromatic nitrogens is 3. The summed E-state index contributed by atoms with van der Waals surface area (Å²) in [5.41, 5.74) is -0.438. The molecule has 5 nitrogen and oxygen atoms in total. The van der Waals surface area contributed by atoms with Crippen LogP contribution >= 0.6 is 0 Å². The number of nitrogens with zero attached hydrogens (tertiary/aromatic N) is 3. The van der Waals surface area contributed by atoms with Crippen LogP contribution in [0.5, 0.6) is 0 Å². The molecule has 0 aromatic carbocycles. The molecule has 19 heavy (non-hydrogen) atoms. The molecule has 0 bridgehead atoms. The highest BCUT2D eigenvalue weighted by Gasteiger charge is 2.36. The van der Waals surface area contributed by atoms with Gasteiger partial charge < -0.3 is 9.84 Å². The fourth-order valence-corrected chi connectivity index (χ4v) is 2.55. The zero-order chi connectivity index (χ0) is 13.9. The van der Waals surface area contributed by atoms with Crippen molar-refractivity contribution in [2.24, 2.45) is 5.92 Å². The summed E-state index contributed by atoms with van der Waals surface area (Å²) in [6.07, 6.45) is 4.66. The zero-order valence-electron chi connectivity index (χ0n) is 12.2. The summed E-state index contributed by atoms with van der Waals surface area (Å²) in [4.78, 5) is 4.27. The van der Waals surface area contributed by atoms with Gasteiger partial charge in [0.25, 0.3) is 0 Å². The van der Waals surface area contributed by atoms with Crippen molar-refractivity contribution in [1.82, 2.24) is 14.8 Å². The Kier molecular flexibility index (Phi) is 4.58. The molecule has 1 saturated heterocycles. The maximum absolute atomic E-state index is 10.5. The SMILES string of the molecule is CC(C)Cn1ncnc1CC(O)C1(C)CCCCO1. The van der Waals surface area contributed by atoms with Crippen molar-refractivity contribution in [1.29, 1.82) is 0 Å². The number of aliphatic hydroxyl groups is 1. The minimum Gasteiger partial charge on any atom is -0.390 e. The van der Waals surface area contributed by atoms with Crippen LogP contribution in [0.3, 0.4) is 0 Å². The third kappa shape index (κ3) is 3.54. The van der Waals surface area contributed by atoms with Crippen molar-refractivity contribution in [3.63, 3.8) is 0 Å². The van der Waals surface area contributed by atoms with Crippen LogP contribution in [0, 0.1) is 5.92 Å². The maximum atomic E-state index is 10.5. The minimum absolute atomic E-state index is 0.438. The smallest absolute Gasteiger partial charge is 0.138 e. The molecule has 0 aliphatic carbocycles. The van der Waals surface area contributed by atoms with E-state index in [9.17, 15) is 5.11 Å². The van der Waals surface area contributed by atoms with E-state index in [-0.39, 0.29) is 0 Å². The normalized spacial score (nSPS) is 25.7. The molecule has 0 spiro atoms. The second kappa shape index (κ2) is 6.01. The molecule has 5 heteroatoms. The van der Waals surface area contributed by atoms with Gasteiger partial charge in [-0.25, -0.2) is 9.67 Å². The summed E-state index contributed by atoms with van der Waals surface area (Å²) in [6, 6.07) is 0. The van der Waals surface area contributed by atoms with Crippen molar-refractivity contribution in [3.05, 3.63) is 12.2 Å². The molecule has 2 heterocycles. The highest BCUT2D eigenvalue weighted by Crippen LogP contribution is 2.29. The second-order valence-electron chi connectivity index (χ2n) is 6.09. The lowest BCUT2D eigenvalue weighted by Crippen LogP contribution is -2.46. The molecule has 1 aliphatic heterocycles. The standard InChI is InChI=1S/C14H25N3O2/c1-11(2)9-17-13(15-10-16-17)8-12(18)14(3)6-4-5-7-19-14/h10-12,18H,4-9H2,1-3H3. The van der Waals surface area contributed by atoms with Gasteiger partial charge in [-0.15, -0.1) is 0 Å². The van der Waals surface area contributed by atoms with Gasteiger partial charge >= 0.3 is 0 Å². The lowest BCUT2D eigenvalue weighted by Gasteiger charge is -2.37. The van der Waals surface area contributed by atoms with E-state index in [4.69, 9.17) is 4.74 Å². The Morgan fingerprint density at radius 1 is 1.47 bits per heavy atom. The molecule has 2 atom stereocenters. The van der Waals surface area contributed by atoms with Crippen molar-refractivity contribution < 1.29 is 9.84 Å². The first kappa shape index (κ1) is 14.5. The molecule has 2 rings (SSSR count). The highest BCUT2D eigenvalue weighted by molar-refractivity contribution is 4.95. The first-order valence-electron chi connectivity index (χ1n) is 7.20. The van der Waals surface area contributed by atoms with Crippen LogP contribution in [0.25, 0.3) is 0 Å². The third-order valence-electron chi connectivity index (χ3n) is 3.81. The first-order valence-corrected chi connectivity index (χ1v) is 7.20. The van der Waals surface area contributed by atoms with Gasteiger partial charge in [0.05, 0.1) is 11.7 Å². The predicted molar refractivity (Wildman–Crippen MR) is 72.8 cm³/mol. The lowest BCUT2D eigenvalue weighted by molar-refractivity contribution is -0.136. The van der Waals surface area contributed by atoms with Gasteiger partial charge in [0.2, 0.25) is 0 Å². The van der Waals surface area contributed by atoms with Crippen LogP contribution in [-0.4, -0.2) is 38.2 Å². The number of aliphatic hydroxyl groups excluding tert-OH is 1. The maximum Gasteiger partial charge on any atom is 0.138 e. The van der Waals surface area contributed by atoms with E-state index in [1.165, 1.54) is 0 Å². The van der Waals surface area contributed by atoms with E-state index in [0.29, 0.717) is 12.3 Å². The Labute approximate surface area is 115 Å². The van der Waals surface area contributed by atoms with Crippen molar-refractivity contribution in [2.45, 2.75) is 64.7 Å². The summed E-state index contributed by atoms with van der Waals surface area (Å²) in [5.74, 6) is 1.36. The summed E-state index contributed by atoms with van der Waals surface area (Å²) in [5, 5.41) is 14.7. The summed E-state index contributed by atoms with van der Waals surface area (Å²) in [7, 11) is 0. The summed E-state index contributed by atoms with van der Waals surface area (Å²) < 4.78 is 7.68. The molecule has 1 fully saturated rings. The fourth-order valence-electron chi connectivity index (χ4n) is 2.55. The quantitative estimate of drug-likeness (QED) is 0.883. The van der Waals surface area contributed by atoms with E-state index >= 15 is 0 Å². The Bertz CT molecular complexity index is 397. The lowest BCUT2D eigenvalue weighted by atomic mass is 9.88. The van der Waals surface area contributed by atoms with E-state index in [2.05, 4.69) is 23.9 Å². The molecule has 0 radical (unpaired) electrons. The fraction of sp³-hybridized carbons (Fsp3) is 0.857. The zero-order valence-corrected chi connectivity index (χ0v) is 12.2. The topological polar surface area (TPSA) is 60.2 Å². The van der Waals surface area contributed by atoms with E-state index in [0.717, 1.165) is 38.2 Å². The van der Waals surface area contributed by atoms with E-state index in [1.54, 1.807) is 6.33 Å².